The third-order valence-electron chi connectivity index (χ3n) is 1.95. The van der Waals surface area contributed by atoms with Crippen LogP contribution in [0.15, 0.2) is 37.0 Å². The quantitative estimate of drug-likeness (QED) is 0.384. The summed E-state index contributed by atoms with van der Waals surface area (Å²) in [5, 5.41) is 8.68. The van der Waals surface area contributed by atoms with Crippen LogP contribution in [0.25, 0.3) is 0 Å². The first-order chi connectivity index (χ1) is 6.38. The minimum absolute atomic E-state index is 0.0911. The molecule has 0 saturated carbocycles. The Labute approximate surface area is 79.2 Å². The fourth-order valence-electron chi connectivity index (χ4n) is 1.13. The summed E-state index contributed by atoms with van der Waals surface area (Å²) in [6, 6.07) is 0. The Balaban J connectivity index is 1.99. The highest BCUT2D eigenvalue weighted by atomic mass is 16.6. The van der Waals surface area contributed by atoms with Crippen LogP contribution in [0.4, 0.5) is 0 Å². The number of hydrogen-bond donors (Lipinski definition) is 1. The summed E-state index contributed by atoms with van der Waals surface area (Å²) in [6.07, 6.45) is 12.1. The lowest BCUT2D eigenvalue weighted by molar-refractivity contribution is 0.242. The van der Waals surface area contributed by atoms with Crippen molar-refractivity contribution in [2.75, 3.05) is 6.61 Å². The van der Waals surface area contributed by atoms with Gasteiger partial charge in [-0.1, -0.05) is 37.0 Å². The molecule has 2 heteroatoms. The maximum absolute atomic E-state index is 8.68. The van der Waals surface area contributed by atoms with Crippen molar-refractivity contribution in [2.24, 2.45) is 0 Å². The van der Waals surface area contributed by atoms with Gasteiger partial charge in [0.2, 0.25) is 0 Å². The summed E-state index contributed by atoms with van der Waals surface area (Å²) in [4.78, 5) is 0. The fraction of sp³-hybridized carbons (Fsp3) is 0.455. The molecule has 0 aliphatic carbocycles. The maximum atomic E-state index is 8.68. The van der Waals surface area contributed by atoms with E-state index in [0.717, 1.165) is 12.8 Å². The molecule has 1 heterocycles. The number of epoxide rings is 1. The molecule has 0 unspecified atom stereocenters. The molecule has 0 amide bonds. The Morgan fingerprint density at radius 2 is 2.08 bits per heavy atom. The SMILES string of the molecule is C=C/C=C\C/C=C\C[C@@H]1O[C@@H]1CO. The van der Waals surface area contributed by atoms with E-state index in [1.807, 2.05) is 12.2 Å². The normalized spacial score (nSPS) is 27.2. The molecule has 0 aromatic rings. The molecule has 0 radical (unpaired) electrons. The van der Waals surface area contributed by atoms with Gasteiger partial charge in [-0.25, -0.2) is 0 Å². The Morgan fingerprint density at radius 1 is 1.23 bits per heavy atom. The monoisotopic (exact) mass is 180 g/mol. The predicted molar refractivity (Wildman–Crippen MR) is 53.5 cm³/mol. The Kier molecular flexibility index (Phi) is 4.50. The molecule has 1 saturated heterocycles. The lowest BCUT2D eigenvalue weighted by atomic mass is 10.2. The minimum Gasteiger partial charge on any atom is -0.394 e. The largest absolute Gasteiger partial charge is 0.394 e. The summed E-state index contributed by atoms with van der Waals surface area (Å²) >= 11 is 0. The molecule has 13 heavy (non-hydrogen) atoms. The number of aliphatic hydroxyl groups excluding tert-OH is 1. The van der Waals surface area contributed by atoms with Crippen LogP contribution >= 0.6 is 0 Å². The van der Waals surface area contributed by atoms with Crippen LogP contribution in [0.5, 0.6) is 0 Å². The van der Waals surface area contributed by atoms with Crippen molar-refractivity contribution in [3.05, 3.63) is 37.0 Å². The standard InChI is InChI=1S/C11H16O2/c1-2-3-4-5-6-7-8-10-11(9-12)13-10/h2-4,6-7,10-12H,1,5,8-9H2/b4-3-,7-6-/t10-,11+/m0/s1. The highest BCUT2D eigenvalue weighted by Crippen LogP contribution is 2.24. The number of rotatable bonds is 6. The van der Waals surface area contributed by atoms with E-state index in [9.17, 15) is 0 Å². The molecule has 2 atom stereocenters. The number of allylic oxidation sites excluding steroid dienone is 4. The average molecular weight is 180 g/mol. The molecule has 0 bridgehead atoms. The smallest absolute Gasteiger partial charge is 0.107 e. The van der Waals surface area contributed by atoms with Crippen LogP contribution in [0.1, 0.15) is 12.8 Å². The minimum atomic E-state index is 0.0911. The van der Waals surface area contributed by atoms with Crippen molar-refractivity contribution in [1.82, 2.24) is 0 Å². The van der Waals surface area contributed by atoms with Crippen LogP contribution in [0.2, 0.25) is 0 Å². The molecule has 1 fully saturated rings. The molecule has 2 nitrogen and oxygen atoms in total. The van der Waals surface area contributed by atoms with Gasteiger partial charge in [0.15, 0.2) is 0 Å². The molecule has 1 aliphatic heterocycles. The van der Waals surface area contributed by atoms with E-state index in [-0.39, 0.29) is 18.8 Å². The summed E-state index contributed by atoms with van der Waals surface area (Å²) in [7, 11) is 0. The summed E-state index contributed by atoms with van der Waals surface area (Å²) in [6.45, 7) is 3.73. The van der Waals surface area contributed by atoms with Crippen LogP contribution in [-0.4, -0.2) is 23.9 Å². The molecule has 0 spiro atoms. The zero-order valence-electron chi connectivity index (χ0n) is 7.73. The maximum Gasteiger partial charge on any atom is 0.107 e. The third-order valence-corrected chi connectivity index (χ3v) is 1.95. The average Bonchev–Trinajstić information content (AvgIpc) is 2.90. The van der Waals surface area contributed by atoms with Gasteiger partial charge in [0.1, 0.15) is 6.10 Å². The molecule has 1 rings (SSSR count). The Hall–Kier alpha value is -0.860. The van der Waals surface area contributed by atoms with Gasteiger partial charge < -0.3 is 9.84 Å². The van der Waals surface area contributed by atoms with Gasteiger partial charge in [-0.2, -0.15) is 0 Å². The Bertz CT molecular complexity index is 206. The van der Waals surface area contributed by atoms with Gasteiger partial charge in [-0.05, 0) is 12.8 Å². The van der Waals surface area contributed by atoms with Crippen molar-refractivity contribution in [2.45, 2.75) is 25.0 Å². The number of ether oxygens (including phenoxy) is 1. The first-order valence-corrected chi connectivity index (χ1v) is 4.57. The first-order valence-electron chi connectivity index (χ1n) is 4.57. The van der Waals surface area contributed by atoms with Crippen molar-refractivity contribution in [3.8, 4) is 0 Å². The van der Waals surface area contributed by atoms with Gasteiger partial charge in [0.25, 0.3) is 0 Å². The van der Waals surface area contributed by atoms with Crippen LogP contribution < -0.4 is 0 Å². The summed E-state index contributed by atoms with van der Waals surface area (Å²) in [5.41, 5.74) is 0. The topological polar surface area (TPSA) is 32.8 Å². The summed E-state index contributed by atoms with van der Waals surface area (Å²) < 4.78 is 5.16. The fourth-order valence-corrected chi connectivity index (χ4v) is 1.13. The van der Waals surface area contributed by atoms with E-state index < -0.39 is 0 Å². The molecule has 1 N–H and O–H groups in total. The third kappa shape index (κ3) is 4.06. The van der Waals surface area contributed by atoms with Gasteiger partial charge in [0.05, 0.1) is 12.7 Å². The second-order valence-electron chi connectivity index (χ2n) is 3.00. The first kappa shape index (κ1) is 10.2. The van der Waals surface area contributed by atoms with Crippen LogP contribution in [0.3, 0.4) is 0 Å². The van der Waals surface area contributed by atoms with Crippen molar-refractivity contribution >= 4 is 0 Å². The van der Waals surface area contributed by atoms with Gasteiger partial charge >= 0.3 is 0 Å². The zero-order chi connectivity index (χ0) is 9.52. The van der Waals surface area contributed by atoms with E-state index >= 15 is 0 Å². The van der Waals surface area contributed by atoms with Crippen molar-refractivity contribution in [3.63, 3.8) is 0 Å². The lowest BCUT2D eigenvalue weighted by Gasteiger charge is -1.84. The van der Waals surface area contributed by atoms with E-state index in [1.165, 1.54) is 0 Å². The highest BCUT2D eigenvalue weighted by Gasteiger charge is 2.36. The molecule has 1 aliphatic rings. The van der Waals surface area contributed by atoms with Crippen molar-refractivity contribution in [1.29, 1.82) is 0 Å². The zero-order valence-corrected chi connectivity index (χ0v) is 7.73. The molecule has 0 aromatic heterocycles. The van der Waals surface area contributed by atoms with E-state index in [4.69, 9.17) is 9.84 Å². The van der Waals surface area contributed by atoms with Gasteiger partial charge in [-0.15, -0.1) is 0 Å². The van der Waals surface area contributed by atoms with E-state index in [2.05, 4.69) is 18.7 Å². The number of aliphatic hydroxyl groups is 1. The van der Waals surface area contributed by atoms with Gasteiger partial charge in [-0.3, -0.25) is 0 Å². The molecule has 72 valence electrons. The number of hydrogen-bond acceptors (Lipinski definition) is 2. The van der Waals surface area contributed by atoms with Gasteiger partial charge in [0, 0.05) is 0 Å². The summed E-state index contributed by atoms with van der Waals surface area (Å²) in [5.74, 6) is 0. The molecular weight excluding hydrogens is 164 g/mol. The highest BCUT2D eigenvalue weighted by molar-refractivity contribution is 5.02. The van der Waals surface area contributed by atoms with E-state index in [1.54, 1.807) is 6.08 Å². The van der Waals surface area contributed by atoms with Crippen LogP contribution in [0, 0.1) is 0 Å². The Morgan fingerprint density at radius 3 is 2.69 bits per heavy atom. The van der Waals surface area contributed by atoms with Crippen LogP contribution in [-0.2, 0) is 4.74 Å². The lowest BCUT2D eigenvalue weighted by Crippen LogP contribution is -1.97. The van der Waals surface area contributed by atoms with Crippen molar-refractivity contribution < 1.29 is 9.84 Å². The second kappa shape index (κ2) is 5.73. The molecule has 0 aromatic carbocycles. The van der Waals surface area contributed by atoms with E-state index in [0.29, 0.717) is 0 Å². The second-order valence-corrected chi connectivity index (χ2v) is 3.00. The molecular formula is C11H16O2. The predicted octanol–water partition coefficient (Wildman–Crippen LogP) is 1.82.